The second kappa shape index (κ2) is 5.65. The van der Waals surface area contributed by atoms with Crippen molar-refractivity contribution in [2.75, 3.05) is 11.9 Å². The zero-order valence-corrected chi connectivity index (χ0v) is 10.5. The monoisotopic (exact) mass is 252 g/mol. The Balaban J connectivity index is 2.27. The van der Waals surface area contributed by atoms with Crippen molar-refractivity contribution in [1.29, 1.82) is 10.5 Å². The quantitative estimate of drug-likeness (QED) is 0.890. The molecule has 0 fully saturated rings. The lowest BCUT2D eigenvalue weighted by Gasteiger charge is -2.06. The van der Waals surface area contributed by atoms with Gasteiger partial charge in [0.05, 0.1) is 18.6 Å². The van der Waals surface area contributed by atoms with Crippen LogP contribution in [-0.2, 0) is 6.54 Å². The Hall–Kier alpha value is -2.86. The Morgan fingerprint density at radius 2 is 2.16 bits per heavy atom. The molecule has 19 heavy (non-hydrogen) atoms. The maximum atomic E-state index is 9.04. The smallest absolute Gasteiger partial charge is 0.176 e. The first-order chi connectivity index (χ1) is 9.28. The van der Waals surface area contributed by atoms with Crippen LogP contribution in [0.2, 0.25) is 0 Å². The van der Waals surface area contributed by atoms with Gasteiger partial charge in [0, 0.05) is 6.54 Å². The molecule has 0 amide bonds. The molecule has 2 rings (SSSR count). The van der Waals surface area contributed by atoms with E-state index in [-0.39, 0.29) is 11.4 Å². The first kappa shape index (κ1) is 12.6. The van der Waals surface area contributed by atoms with Gasteiger partial charge in [-0.1, -0.05) is 6.07 Å². The lowest BCUT2D eigenvalue weighted by atomic mass is 10.3. The van der Waals surface area contributed by atoms with Crippen LogP contribution in [0.5, 0.6) is 0 Å². The summed E-state index contributed by atoms with van der Waals surface area (Å²) in [7, 11) is 0. The minimum atomic E-state index is 0.144. The van der Waals surface area contributed by atoms with Gasteiger partial charge in [-0.15, -0.1) is 0 Å². The molecule has 94 valence electrons. The molecule has 0 saturated carbocycles. The number of nitrogens with one attached hydrogen (secondary N) is 1. The number of nitriles is 2. The Morgan fingerprint density at radius 1 is 1.32 bits per heavy atom. The number of nitrogens with zero attached hydrogens (tertiary/aromatic N) is 5. The summed E-state index contributed by atoms with van der Waals surface area (Å²) in [4.78, 5) is 8.31. The average molecular weight is 252 g/mol. The van der Waals surface area contributed by atoms with E-state index in [1.54, 1.807) is 4.57 Å². The standard InChI is InChI=1S/C13H12N6/c1-2-16-13-5-3-4-10(18-13)8-19-9-17-11(6-14)12(19)7-15/h3-5,9H,2,8H2,1H3,(H,16,18). The molecule has 2 aromatic heterocycles. The topological polar surface area (TPSA) is 90.3 Å². The summed E-state index contributed by atoms with van der Waals surface area (Å²) in [5.41, 5.74) is 1.21. The highest BCUT2D eigenvalue weighted by Crippen LogP contribution is 2.10. The minimum Gasteiger partial charge on any atom is -0.370 e. The maximum Gasteiger partial charge on any atom is 0.176 e. The highest BCUT2D eigenvalue weighted by molar-refractivity contribution is 5.38. The fourth-order valence-corrected chi connectivity index (χ4v) is 1.72. The Bertz CT molecular complexity index is 659. The summed E-state index contributed by atoms with van der Waals surface area (Å²) in [6.07, 6.45) is 1.48. The van der Waals surface area contributed by atoms with Crippen molar-refractivity contribution in [2.24, 2.45) is 0 Å². The van der Waals surface area contributed by atoms with Crippen LogP contribution in [0.3, 0.4) is 0 Å². The van der Waals surface area contributed by atoms with Gasteiger partial charge >= 0.3 is 0 Å². The van der Waals surface area contributed by atoms with Crippen LogP contribution in [0, 0.1) is 22.7 Å². The first-order valence-electron chi connectivity index (χ1n) is 5.83. The van der Waals surface area contributed by atoms with Gasteiger partial charge in [0.25, 0.3) is 0 Å². The second-order valence-corrected chi connectivity index (χ2v) is 3.84. The summed E-state index contributed by atoms with van der Waals surface area (Å²) < 4.78 is 1.62. The molecule has 0 spiro atoms. The van der Waals surface area contributed by atoms with Gasteiger partial charge in [-0.25, -0.2) is 9.97 Å². The summed E-state index contributed by atoms with van der Waals surface area (Å²) in [6, 6.07) is 9.54. The van der Waals surface area contributed by atoms with Crippen LogP contribution >= 0.6 is 0 Å². The van der Waals surface area contributed by atoms with Crippen LogP contribution in [0.4, 0.5) is 5.82 Å². The fraction of sp³-hybridized carbons (Fsp3) is 0.231. The van der Waals surface area contributed by atoms with Crippen LogP contribution in [0.1, 0.15) is 24.0 Å². The summed E-state index contributed by atoms with van der Waals surface area (Å²) in [6.45, 7) is 3.21. The summed E-state index contributed by atoms with van der Waals surface area (Å²) in [5, 5.41) is 21.0. The van der Waals surface area contributed by atoms with E-state index in [0.29, 0.717) is 6.54 Å². The summed E-state index contributed by atoms with van der Waals surface area (Å²) >= 11 is 0. The molecule has 2 aromatic rings. The fourth-order valence-electron chi connectivity index (χ4n) is 1.72. The summed E-state index contributed by atoms with van der Waals surface area (Å²) in [5.74, 6) is 0.791. The van der Waals surface area contributed by atoms with E-state index in [1.807, 2.05) is 37.3 Å². The van der Waals surface area contributed by atoms with Gasteiger partial charge in [-0.05, 0) is 19.1 Å². The van der Waals surface area contributed by atoms with Crippen molar-refractivity contribution in [3.05, 3.63) is 41.6 Å². The van der Waals surface area contributed by atoms with Crippen LogP contribution in [0.15, 0.2) is 24.5 Å². The van der Waals surface area contributed by atoms with Gasteiger partial charge < -0.3 is 9.88 Å². The van der Waals surface area contributed by atoms with E-state index in [0.717, 1.165) is 18.1 Å². The van der Waals surface area contributed by atoms with Gasteiger partial charge in [-0.2, -0.15) is 10.5 Å². The van der Waals surface area contributed by atoms with E-state index >= 15 is 0 Å². The number of rotatable bonds is 4. The van der Waals surface area contributed by atoms with Crippen molar-refractivity contribution in [1.82, 2.24) is 14.5 Å². The average Bonchev–Trinajstić information content (AvgIpc) is 2.81. The maximum absolute atomic E-state index is 9.04. The third-order valence-corrected chi connectivity index (χ3v) is 2.55. The molecule has 6 heteroatoms. The van der Waals surface area contributed by atoms with E-state index in [9.17, 15) is 0 Å². The lowest BCUT2D eigenvalue weighted by molar-refractivity contribution is 0.763. The molecule has 0 aliphatic rings. The van der Waals surface area contributed by atoms with Crippen molar-refractivity contribution < 1.29 is 0 Å². The van der Waals surface area contributed by atoms with Crippen molar-refractivity contribution >= 4 is 5.82 Å². The number of hydrogen-bond donors (Lipinski definition) is 1. The molecule has 0 radical (unpaired) electrons. The predicted octanol–water partition coefficient (Wildman–Crippen LogP) is 1.50. The second-order valence-electron chi connectivity index (χ2n) is 3.84. The number of anilines is 1. The third-order valence-electron chi connectivity index (χ3n) is 2.55. The van der Waals surface area contributed by atoms with Crippen LogP contribution in [-0.4, -0.2) is 21.1 Å². The van der Waals surface area contributed by atoms with Crippen molar-refractivity contribution in [3.63, 3.8) is 0 Å². The SMILES string of the molecule is CCNc1cccc(Cn2cnc(C#N)c2C#N)n1. The highest BCUT2D eigenvalue weighted by atomic mass is 15.1. The van der Waals surface area contributed by atoms with Gasteiger partial charge in [-0.3, -0.25) is 0 Å². The molecule has 0 bridgehead atoms. The largest absolute Gasteiger partial charge is 0.370 e. The van der Waals surface area contributed by atoms with Crippen molar-refractivity contribution in [3.8, 4) is 12.1 Å². The Kier molecular flexibility index (Phi) is 3.75. The molecule has 0 aliphatic carbocycles. The number of pyridine rings is 1. The molecule has 0 saturated heterocycles. The molecule has 0 unspecified atom stereocenters. The molecular weight excluding hydrogens is 240 g/mol. The zero-order valence-electron chi connectivity index (χ0n) is 10.5. The Morgan fingerprint density at radius 3 is 2.84 bits per heavy atom. The third kappa shape index (κ3) is 2.70. The molecule has 0 atom stereocenters. The van der Waals surface area contributed by atoms with Crippen LogP contribution in [0.25, 0.3) is 0 Å². The molecule has 0 aromatic carbocycles. The zero-order chi connectivity index (χ0) is 13.7. The molecule has 2 heterocycles. The van der Waals surface area contributed by atoms with Gasteiger partial charge in [0.2, 0.25) is 0 Å². The highest BCUT2D eigenvalue weighted by Gasteiger charge is 2.10. The van der Waals surface area contributed by atoms with Gasteiger partial charge in [0.15, 0.2) is 11.4 Å². The van der Waals surface area contributed by atoms with E-state index in [1.165, 1.54) is 6.33 Å². The predicted molar refractivity (Wildman–Crippen MR) is 69.2 cm³/mol. The van der Waals surface area contributed by atoms with E-state index in [4.69, 9.17) is 10.5 Å². The van der Waals surface area contributed by atoms with E-state index < -0.39 is 0 Å². The molecule has 6 nitrogen and oxygen atoms in total. The Labute approximate surface area is 111 Å². The number of hydrogen-bond acceptors (Lipinski definition) is 5. The van der Waals surface area contributed by atoms with Gasteiger partial charge in [0.1, 0.15) is 18.0 Å². The number of imidazole rings is 1. The molecular formula is C13H12N6. The molecule has 1 N–H and O–H groups in total. The van der Waals surface area contributed by atoms with E-state index in [2.05, 4.69) is 15.3 Å². The normalized spacial score (nSPS) is 9.63. The van der Waals surface area contributed by atoms with Crippen molar-refractivity contribution in [2.45, 2.75) is 13.5 Å². The minimum absolute atomic E-state index is 0.144. The lowest BCUT2D eigenvalue weighted by Crippen LogP contribution is -2.06. The number of aromatic nitrogens is 3. The van der Waals surface area contributed by atoms with Crippen LogP contribution < -0.4 is 5.32 Å². The molecule has 0 aliphatic heterocycles. The first-order valence-corrected chi connectivity index (χ1v) is 5.83.